The maximum atomic E-state index is 12.4. The normalized spacial score (nSPS) is 27.9. The van der Waals surface area contributed by atoms with Crippen molar-refractivity contribution in [2.75, 3.05) is 32.7 Å². The van der Waals surface area contributed by atoms with Gasteiger partial charge in [0.15, 0.2) is 0 Å². The van der Waals surface area contributed by atoms with Gasteiger partial charge in [-0.25, -0.2) is 13.6 Å². The lowest BCUT2D eigenvalue weighted by Crippen LogP contribution is -2.51. The van der Waals surface area contributed by atoms with Gasteiger partial charge in [-0.2, -0.15) is 0 Å². The third-order valence-corrected chi connectivity index (χ3v) is 5.71. The van der Waals surface area contributed by atoms with Gasteiger partial charge < -0.3 is 10.6 Å². The van der Waals surface area contributed by atoms with Gasteiger partial charge in [0.1, 0.15) is 0 Å². The molecule has 0 spiro atoms. The minimum atomic E-state index is -2.28. The molecule has 1 atom stereocenters. The van der Waals surface area contributed by atoms with Crippen LogP contribution >= 0.6 is 0 Å². The molecule has 3 aliphatic rings. The monoisotopic (exact) mass is 344 g/mol. The first kappa shape index (κ1) is 17.9. The van der Waals surface area contributed by atoms with Gasteiger partial charge in [0.05, 0.1) is 6.54 Å². The highest BCUT2D eigenvalue weighted by Crippen LogP contribution is 2.26. The largest absolute Gasteiger partial charge is 0.335 e. The number of nitrogens with one attached hydrogen (secondary N) is 2. The van der Waals surface area contributed by atoms with Gasteiger partial charge in [-0.1, -0.05) is 12.8 Å². The average molecular weight is 344 g/mol. The van der Waals surface area contributed by atoms with Crippen molar-refractivity contribution in [3.63, 3.8) is 0 Å². The molecule has 1 saturated carbocycles. The number of hydrogen-bond donors (Lipinski definition) is 2. The summed E-state index contributed by atoms with van der Waals surface area (Å²) in [6, 6.07) is 0.968. The number of nitrogens with zero attached hydrogens (tertiary/aromatic N) is 2. The maximum absolute atomic E-state index is 12.4. The number of carbonyl (C=O) groups is 1. The first-order valence-electron chi connectivity index (χ1n) is 9.41. The summed E-state index contributed by atoms with van der Waals surface area (Å²) in [5, 5.41) is 6.12. The Kier molecular flexibility index (Phi) is 6.27. The summed E-state index contributed by atoms with van der Waals surface area (Å²) in [6.07, 6.45) is 5.53. The minimum absolute atomic E-state index is 0.0967. The fraction of sp³-hybridized carbons (Fsp3) is 0.941. The number of alkyl halides is 2. The standard InChI is InChI=1S/C17H30F2N4O/c18-16(19)12-22-8-5-13(6-9-22)20-17(24)21-14-7-10-23(11-14)15-3-1-2-4-15/h13-16H,1-12H2,(H2,20,21,24)/t14-/m1/s1. The first-order chi connectivity index (χ1) is 11.6. The molecule has 0 aromatic rings. The number of halogens is 2. The zero-order chi connectivity index (χ0) is 16.9. The van der Waals surface area contributed by atoms with Crippen molar-refractivity contribution >= 4 is 6.03 Å². The molecule has 0 aromatic heterocycles. The predicted molar refractivity (Wildman–Crippen MR) is 89.4 cm³/mol. The highest BCUT2D eigenvalue weighted by atomic mass is 19.3. The van der Waals surface area contributed by atoms with E-state index in [1.807, 2.05) is 0 Å². The van der Waals surface area contributed by atoms with Gasteiger partial charge >= 0.3 is 6.03 Å². The number of urea groups is 1. The van der Waals surface area contributed by atoms with Crippen LogP contribution in [0.5, 0.6) is 0 Å². The van der Waals surface area contributed by atoms with E-state index >= 15 is 0 Å². The number of rotatable bonds is 5. The molecule has 0 bridgehead atoms. The van der Waals surface area contributed by atoms with Crippen LogP contribution in [0.4, 0.5) is 13.6 Å². The van der Waals surface area contributed by atoms with Crippen molar-refractivity contribution in [2.45, 2.75) is 69.5 Å². The molecule has 3 fully saturated rings. The van der Waals surface area contributed by atoms with E-state index in [0.717, 1.165) is 38.4 Å². The number of likely N-dealkylation sites (tertiary alicyclic amines) is 2. The second-order valence-corrected chi connectivity index (χ2v) is 7.50. The van der Waals surface area contributed by atoms with Gasteiger partial charge in [-0.3, -0.25) is 9.80 Å². The Hall–Kier alpha value is -0.950. The molecule has 2 N–H and O–H groups in total. The topological polar surface area (TPSA) is 47.6 Å². The van der Waals surface area contributed by atoms with Crippen LogP contribution in [-0.2, 0) is 0 Å². The van der Waals surface area contributed by atoms with Crippen molar-refractivity contribution in [2.24, 2.45) is 0 Å². The lowest BCUT2D eigenvalue weighted by atomic mass is 10.1. The maximum Gasteiger partial charge on any atom is 0.315 e. The first-order valence-corrected chi connectivity index (χ1v) is 9.41. The van der Waals surface area contributed by atoms with E-state index in [1.54, 1.807) is 4.90 Å². The summed E-state index contributed by atoms with van der Waals surface area (Å²) in [4.78, 5) is 16.5. The molecule has 2 saturated heterocycles. The second-order valence-electron chi connectivity index (χ2n) is 7.50. The Balaban J connectivity index is 1.33. The summed E-state index contributed by atoms with van der Waals surface area (Å²) in [5.74, 6) is 0. The van der Waals surface area contributed by atoms with Crippen LogP contribution in [0.1, 0.15) is 44.9 Å². The van der Waals surface area contributed by atoms with E-state index in [-0.39, 0.29) is 24.7 Å². The number of hydrogen-bond acceptors (Lipinski definition) is 3. The molecule has 0 aromatic carbocycles. The van der Waals surface area contributed by atoms with Gasteiger partial charge in [-0.05, 0) is 32.1 Å². The Morgan fingerprint density at radius 1 is 0.958 bits per heavy atom. The van der Waals surface area contributed by atoms with E-state index in [1.165, 1.54) is 25.7 Å². The summed E-state index contributed by atoms with van der Waals surface area (Å²) in [6.45, 7) is 3.16. The molecule has 0 radical (unpaired) electrons. The van der Waals surface area contributed by atoms with Gasteiger partial charge in [0.25, 0.3) is 6.43 Å². The van der Waals surface area contributed by atoms with Gasteiger partial charge in [-0.15, -0.1) is 0 Å². The molecule has 138 valence electrons. The average Bonchev–Trinajstić information content (AvgIpc) is 3.19. The third kappa shape index (κ3) is 5.02. The predicted octanol–water partition coefficient (Wildman–Crippen LogP) is 2.03. The Bertz CT molecular complexity index is 409. The SMILES string of the molecule is O=C(NC1CCN(CC(F)F)CC1)N[C@@H]1CCN(C2CCCC2)C1. The second kappa shape index (κ2) is 8.43. The summed E-state index contributed by atoms with van der Waals surface area (Å²) < 4.78 is 24.7. The molecule has 7 heteroatoms. The van der Waals surface area contributed by atoms with Crippen molar-refractivity contribution in [3.8, 4) is 0 Å². The smallest absolute Gasteiger partial charge is 0.315 e. The van der Waals surface area contributed by atoms with E-state index in [2.05, 4.69) is 15.5 Å². The van der Waals surface area contributed by atoms with Crippen LogP contribution in [0.3, 0.4) is 0 Å². The molecule has 2 aliphatic heterocycles. The summed E-state index contributed by atoms with van der Waals surface area (Å²) in [5.41, 5.74) is 0. The van der Waals surface area contributed by atoms with Gasteiger partial charge in [0.2, 0.25) is 0 Å². The lowest BCUT2D eigenvalue weighted by Gasteiger charge is -2.32. The molecule has 2 amide bonds. The third-order valence-electron chi connectivity index (χ3n) is 5.71. The Morgan fingerprint density at radius 3 is 2.25 bits per heavy atom. The molecular weight excluding hydrogens is 314 g/mol. The van der Waals surface area contributed by atoms with Crippen LogP contribution in [-0.4, -0.2) is 73.1 Å². The Labute approximate surface area is 143 Å². The molecule has 0 unspecified atom stereocenters. The summed E-state index contributed by atoms with van der Waals surface area (Å²) >= 11 is 0. The molecule has 2 heterocycles. The van der Waals surface area contributed by atoms with E-state index in [0.29, 0.717) is 13.1 Å². The zero-order valence-electron chi connectivity index (χ0n) is 14.4. The molecule has 5 nitrogen and oxygen atoms in total. The molecular formula is C17H30F2N4O. The van der Waals surface area contributed by atoms with Crippen LogP contribution in [0.2, 0.25) is 0 Å². The van der Waals surface area contributed by atoms with Crippen molar-refractivity contribution < 1.29 is 13.6 Å². The summed E-state index contributed by atoms with van der Waals surface area (Å²) in [7, 11) is 0. The van der Waals surface area contributed by atoms with E-state index in [4.69, 9.17) is 0 Å². The highest BCUT2D eigenvalue weighted by Gasteiger charge is 2.31. The zero-order valence-corrected chi connectivity index (χ0v) is 14.4. The van der Waals surface area contributed by atoms with Crippen molar-refractivity contribution in [1.82, 2.24) is 20.4 Å². The van der Waals surface area contributed by atoms with E-state index in [9.17, 15) is 13.6 Å². The van der Waals surface area contributed by atoms with Crippen LogP contribution in [0.15, 0.2) is 0 Å². The highest BCUT2D eigenvalue weighted by molar-refractivity contribution is 5.74. The van der Waals surface area contributed by atoms with Crippen molar-refractivity contribution in [3.05, 3.63) is 0 Å². The van der Waals surface area contributed by atoms with Crippen molar-refractivity contribution in [1.29, 1.82) is 0 Å². The molecule has 3 rings (SSSR count). The van der Waals surface area contributed by atoms with Crippen LogP contribution in [0.25, 0.3) is 0 Å². The molecule has 1 aliphatic carbocycles. The Morgan fingerprint density at radius 2 is 1.58 bits per heavy atom. The van der Waals surface area contributed by atoms with Gasteiger partial charge in [0, 0.05) is 44.3 Å². The molecule has 24 heavy (non-hydrogen) atoms. The fourth-order valence-corrected chi connectivity index (χ4v) is 4.37. The number of amides is 2. The fourth-order valence-electron chi connectivity index (χ4n) is 4.37. The quantitative estimate of drug-likeness (QED) is 0.802. The van der Waals surface area contributed by atoms with E-state index < -0.39 is 6.43 Å². The minimum Gasteiger partial charge on any atom is -0.335 e. The van der Waals surface area contributed by atoms with Crippen LogP contribution in [0, 0.1) is 0 Å². The lowest BCUT2D eigenvalue weighted by molar-refractivity contribution is 0.0736. The number of carbonyl (C=O) groups excluding carboxylic acids is 1. The number of piperidine rings is 1. The van der Waals surface area contributed by atoms with Crippen LogP contribution < -0.4 is 10.6 Å².